The number of benzene rings is 2. The standard InChI is InChI=1S/C15H13FN2O2/c1-20-14-4-8-5-15(19)18-13-6-9(17)2-3-10(13)11(8)7-12(14)16/h2-4,6-7H,5,17H2,1H3,(H,18,19). The summed E-state index contributed by atoms with van der Waals surface area (Å²) in [5.74, 6) is -0.483. The molecule has 5 heteroatoms. The molecule has 1 aliphatic heterocycles. The van der Waals surface area contributed by atoms with Crippen LogP contribution >= 0.6 is 0 Å². The lowest BCUT2D eigenvalue weighted by molar-refractivity contribution is -0.115. The number of hydrogen-bond donors (Lipinski definition) is 2. The molecule has 0 saturated carbocycles. The first-order valence-corrected chi connectivity index (χ1v) is 6.14. The number of hydrogen-bond acceptors (Lipinski definition) is 3. The first-order valence-electron chi connectivity index (χ1n) is 6.14. The van der Waals surface area contributed by atoms with Crippen molar-refractivity contribution in [1.82, 2.24) is 0 Å². The number of nitrogens with one attached hydrogen (secondary N) is 1. The van der Waals surface area contributed by atoms with Crippen LogP contribution in [-0.4, -0.2) is 13.0 Å². The molecule has 20 heavy (non-hydrogen) atoms. The van der Waals surface area contributed by atoms with Gasteiger partial charge in [0, 0.05) is 11.3 Å². The fraction of sp³-hybridized carbons (Fsp3) is 0.133. The van der Waals surface area contributed by atoms with Crippen molar-refractivity contribution in [2.24, 2.45) is 0 Å². The predicted molar refractivity (Wildman–Crippen MR) is 75.1 cm³/mol. The summed E-state index contributed by atoms with van der Waals surface area (Å²) in [5.41, 5.74) is 9.02. The van der Waals surface area contributed by atoms with E-state index >= 15 is 0 Å². The van der Waals surface area contributed by atoms with Gasteiger partial charge in [-0.1, -0.05) is 6.07 Å². The number of nitrogens with two attached hydrogens (primary N) is 1. The van der Waals surface area contributed by atoms with E-state index in [-0.39, 0.29) is 18.1 Å². The number of amides is 1. The first kappa shape index (κ1) is 12.5. The van der Waals surface area contributed by atoms with E-state index in [9.17, 15) is 9.18 Å². The highest BCUT2D eigenvalue weighted by Gasteiger charge is 2.21. The van der Waals surface area contributed by atoms with E-state index in [4.69, 9.17) is 10.5 Å². The van der Waals surface area contributed by atoms with Crippen LogP contribution in [0.25, 0.3) is 11.1 Å². The number of rotatable bonds is 1. The number of fused-ring (bicyclic) bond motifs is 3. The van der Waals surface area contributed by atoms with Gasteiger partial charge in [0.25, 0.3) is 0 Å². The Labute approximate surface area is 115 Å². The zero-order valence-corrected chi connectivity index (χ0v) is 10.9. The van der Waals surface area contributed by atoms with Gasteiger partial charge in [0.1, 0.15) is 0 Å². The van der Waals surface area contributed by atoms with Crippen LogP contribution in [0.4, 0.5) is 15.8 Å². The van der Waals surface area contributed by atoms with Gasteiger partial charge in [-0.25, -0.2) is 4.39 Å². The van der Waals surface area contributed by atoms with E-state index in [0.717, 1.165) is 11.1 Å². The van der Waals surface area contributed by atoms with Crippen LogP contribution in [0.1, 0.15) is 5.56 Å². The van der Waals surface area contributed by atoms with Crippen molar-refractivity contribution in [1.29, 1.82) is 0 Å². The maximum absolute atomic E-state index is 13.9. The molecule has 1 aliphatic rings. The molecule has 0 unspecified atom stereocenters. The third-order valence-corrected chi connectivity index (χ3v) is 3.34. The number of anilines is 2. The molecular formula is C15H13FN2O2. The van der Waals surface area contributed by atoms with Crippen molar-refractivity contribution in [2.75, 3.05) is 18.2 Å². The molecule has 0 radical (unpaired) electrons. The largest absolute Gasteiger partial charge is 0.494 e. The molecule has 0 bridgehead atoms. The second kappa shape index (κ2) is 4.52. The smallest absolute Gasteiger partial charge is 0.228 e. The SMILES string of the molecule is COc1cc2c(cc1F)-c1ccc(N)cc1NC(=O)C2. The summed E-state index contributed by atoms with van der Waals surface area (Å²) in [6.45, 7) is 0. The molecule has 3 rings (SSSR count). The molecule has 102 valence electrons. The van der Waals surface area contributed by atoms with Crippen LogP contribution in [0.15, 0.2) is 30.3 Å². The quantitative estimate of drug-likeness (QED) is 0.784. The fourth-order valence-corrected chi connectivity index (χ4v) is 2.42. The lowest BCUT2D eigenvalue weighted by Crippen LogP contribution is -2.12. The van der Waals surface area contributed by atoms with Gasteiger partial charge in [0.2, 0.25) is 5.91 Å². The first-order chi connectivity index (χ1) is 9.58. The normalized spacial score (nSPS) is 13.0. The third-order valence-electron chi connectivity index (χ3n) is 3.34. The summed E-state index contributed by atoms with van der Waals surface area (Å²) < 4.78 is 18.9. The average molecular weight is 272 g/mol. The van der Waals surface area contributed by atoms with Crippen molar-refractivity contribution in [2.45, 2.75) is 6.42 Å². The molecule has 2 aromatic rings. The van der Waals surface area contributed by atoms with Crippen LogP contribution in [0.5, 0.6) is 5.75 Å². The van der Waals surface area contributed by atoms with Crippen molar-refractivity contribution >= 4 is 17.3 Å². The number of methoxy groups -OCH3 is 1. The van der Waals surface area contributed by atoms with Gasteiger partial charge in [0.05, 0.1) is 19.2 Å². The van der Waals surface area contributed by atoms with Gasteiger partial charge in [-0.15, -0.1) is 0 Å². The number of carbonyl (C=O) groups is 1. The van der Waals surface area contributed by atoms with Crippen LogP contribution < -0.4 is 15.8 Å². The molecule has 0 atom stereocenters. The molecular weight excluding hydrogens is 259 g/mol. The number of ether oxygens (including phenoxy) is 1. The van der Waals surface area contributed by atoms with Gasteiger partial charge >= 0.3 is 0 Å². The minimum Gasteiger partial charge on any atom is -0.494 e. The summed E-state index contributed by atoms with van der Waals surface area (Å²) >= 11 is 0. The number of carbonyl (C=O) groups excluding carboxylic acids is 1. The summed E-state index contributed by atoms with van der Waals surface area (Å²) in [4.78, 5) is 11.9. The Bertz CT molecular complexity index is 713. The molecule has 0 saturated heterocycles. The maximum atomic E-state index is 13.9. The molecule has 0 fully saturated rings. The minimum atomic E-state index is -0.455. The monoisotopic (exact) mass is 272 g/mol. The van der Waals surface area contributed by atoms with Crippen LogP contribution in [-0.2, 0) is 11.2 Å². The lowest BCUT2D eigenvalue weighted by Gasteiger charge is -2.11. The molecule has 0 aliphatic carbocycles. The Balaban J connectivity index is 2.28. The number of halogens is 1. The molecule has 1 heterocycles. The predicted octanol–water partition coefficient (Wildman–Crippen LogP) is 2.58. The second-order valence-electron chi connectivity index (χ2n) is 4.67. The van der Waals surface area contributed by atoms with Gasteiger partial charge in [-0.05, 0) is 35.4 Å². The highest BCUT2D eigenvalue weighted by Crippen LogP contribution is 2.37. The number of nitrogen functional groups attached to an aromatic ring is 1. The van der Waals surface area contributed by atoms with Gasteiger partial charge < -0.3 is 15.8 Å². The van der Waals surface area contributed by atoms with Crippen molar-refractivity contribution < 1.29 is 13.9 Å². The molecule has 0 aromatic heterocycles. The van der Waals surface area contributed by atoms with E-state index in [1.807, 2.05) is 0 Å². The average Bonchev–Trinajstić information content (AvgIpc) is 2.53. The fourth-order valence-electron chi connectivity index (χ4n) is 2.42. The van der Waals surface area contributed by atoms with Crippen molar-refractivity contribution in [3.8, 4) is 16.9 Å². The second-order valence-corrected chi connectivity index (χ2v) is 4.67. The topological polar surface area (TPSA) is 64.3 Å². The van der Waals surface area contributed by atoms with Crippen LogP contribution in [0.3, 0.4) is 0 Å². The zero-order chi connectivity index (χ0) is 14.3. The Morgan fingerprint density at radius 1 is 1.25 bits per heavy atom. The van der Waals surface area contributed by atoms with Crippen LogP contribution in [0, 0.1) is 5.82 Å². The highest BCUT2D eigenvalue weighted by molar-refractivity contribution is 6.01. The van der Waals surface area contributed by atoms with E-state index in [2.05, 4.69) is 5.32 Å². The van der Waals surface area contributed by atoms with E-state index in [1.54, 1.807) is 24.3 Å². The van der Waals surface area contributed by atoms with Gasteiger partial charge in [-0.2, -0.15) is 0 Å². The summed E-state index contributed by atoms with van der Waals surface area (Å²) in [6, 6.07) is 8.13. The lowest BCUT2D eigenvalue weighted by atomic mass is 9.97. The van der Waals surface area contributed by atoms with Crippen molar-refractivity contribution in [3.63, 3.8) is 0 Å². The zero-order valence-electron chi connectivity index (χ0n) is 10.9. The Hall–Kier alpha value is -2.56. The Morgan fingerprint density at radius 2 is 2.05 bits per heavy atom. The minimum absolute atomic E-state index is 0.135. The Morgan fingerprint density at radius 3 is 2.80 bits per heavy atom. The van der Waals surface area contributed by atoms with Gasteiger partial charge in [-0.3, -0.25) is 4.79 Å². The molecule has 2 aromatic carbocycles. The molecule has 4 nitrogen and oxygen atoms in total. The molecule has 0 spiro atoms. The van der Waals surface area contributed by atoms with Crippen molar-refractivity contribution in [3.05, 3.63) is 41.7 Å². The van der Waals surface area contributed by atoms with E-state index in [0.29, 0.717) is 16.9 Å². The summed E-state index contributed by atoms with van der Waals surface area (Å²) in [7, 11) is 1.40. The Kier molecular flexibility index (Phi) is 2.82. The summed E-state index contributed by atoms with van der Waals surface area (Å²) in [5, 5.41) is 2.78. The van der Waals surface area contributed by atoms with E-state index < -0.39 is 5.82 Å². The highest BCUT2D eigenvalue weighted by atomic mass is 19.1. The van der Waals surface area contributed by atoms with Crippen LogP contribution in [0.2, 0.25) is 0 Å². The van der Waals surface area contributed by atoms with Gasteiger partial charge in [0.15, 0.2) is 11.6 Å². The molecule has 1 amide bonds. The van der Waals surface area contributed by atoms with E-state index in [1.165, 1.54) is 13.2 Å². The maximum Gasteiger partial charge on any atom is 0.228 e. The summed E-state index contributed by atoms with van der Waals surface area (Å²) in [6.07, 6.45) is 0.167. The molecule has 3 N–H and O–H groups in total. The third kappa shape index (κ3) is 1.97.